The van der Waals surface area contributed by atoms with Crippen LogP contribution < -0.4 is 10.1 Å². The fraction of sp³-hybridized carbons (Fsp3) is 0.211. The Labute approximate surface area is 161 Å². The van der Waals surface area contributed by atoms with E-state index in [1.54, 1.807) is 6.20 Å². The summed E-state index contributed by atoms with van der Waals surface area (Å²) in [6.45, 7) is 1.74. The van der Waals surface area contributed by atoms with Crippen LogP contribution in [0.2, 0.25) is 0 Å². The predicted molar refractivity (Wildman–Crippen MR) is 101 cm³/mol. The van der Waals surface area contributed by atoms with Crippen LogP contribution in [-0.4, -0.2) is 17.5 Å². The Morgan fingerprint density at radius 2 is 1.89 bits per heavy atom. The molecule has 27 heavy (non-hydrogen) atoms. The summed E-state index contributed by atoms with van der Waals surface area (Å²) in [5.74, 6) is 0.208. The third-order valence-electron chi connectivity index (χ3n) is 4.00. The summed E-state index contributed by atoms with van der Waals surface area (Å²) >= 11 is 3.57. The highest BCUT2D eigenvalue weighted by Crippen LogP contribution is 2.34. The second kappa shape index (κ2) is 7.64. The zero-order valence-corrected chi connectivity index (χ0v) is 15.9. The van der Waals surface area contributed by atoms with E-state index in [0.29, 0.717) is 24.5 Å². The topological polar surface area (TPSA) is 54.1 Å². The number of hydrogen-bond donors (Lipinski definition) is 2. The molecule has 3 aromatic rings. The van der Waals surface area contributed by atoms with Crippen LogP contribution in [0.3, 0.4) is 0 Å². The van der Waals surface area contributed by atoms with Gasteiger partial charge in [-0.3, -0.25) is 4.79 Å². The summed E-state index contributed by atoms with van der Waals surface area (Å²) in [6.07, 6.45) is -2.09. The lowest BCUT2D eigenvalue weighted by Gasteiger charge is -2.11. The molecule has 3 rings (SSSR count). The van der Waals surface area contributed by atoms with Gasteiger partial charge < -0.3 is 15.0 Å². The number of nitrogens with one attached hydrogen (secondary N) is 2. The van der Waals surface area contributed by atoms with Crippen molar-refractivity contribution in [3.05, 3.63) is 58.2 Å². The number of fused-ring (bicyclic) bond motifs is 1. The van der Waals surface area contributed by atoms with Gasteiger partial charge in [0.2, 0.25) is 5.91 Å². The first kappa shape index (κ1) is 19.3. The largest absolute Gasteiger partial charge is 0.493 e. The van der Waals surface area contributed by atoms with Gasteiger partial charge in [-0.1, -0.05) is 6.07 Å². The van der Waals surface area contributed by atoms with Crippen LogP contribution in [0.25, 0.3) is 10.9 Å². The standard InChI is InChI=1S/C19H16BrF3N2O2/c1-11(26)25-16-10-24-15-7-2-12(18(20)17(15)16)8-9-27-14-5-3-13(4-6-14)19(21,22)23/h2-7,10,24H,8-9H2,1H3,(H,25,26). The summed E-state index contributed by atoms with van der Waals surface area (Å²) in [7, 11) is 0. The van der Waals surface area contributed by atoms with Crippen LogP contribution in [-0.2, 0) is 17.4 Å². The van der Waals surface area contributed by atoms with Gasteiger partial charge in [0.25, 0.3) is 0 Å². The number of aromatic amines is 1. The van der Waals surface area contributed by atoms with Crippen molar-refractivity contribution in [1.29, 1.82) is 0 Å². The average molecular weight is 441 g/mol. The van der Waals surface area contributed by atoms with Crippen LogP contribution in [0.4, 0.5) is 18.9 Å². The lowest BCUT2D eigenvalue weighted by atomic mass is 10.1. The van der Waals surface area contributed by atoms with E-state index >= 15 is 0 Å². The molecular weight excluding hydrogens is 425 g/mol. The minimum Gasteiger partial charge on any atom is -0.493 e. The molecule has 0 fully saturated rings. The molecule has 0 unspecified atom stereocenters. The van der Waals surface area contributed by atoms with Crippen molar-refractivity contribution in [2.45, 2.75) is 19.5 Å². The smallest absolute Gasteiger partial charge is 0.416 e. The minimum atomic E-state index is -4.36. The van der Waals surface area contributed by atoms with E-state index < -0.39 is 11.7 Å². The van der Waals surface area contributed by atoms with Crippen molar-refractivity contribution in [1.82, 2.24) is 4.98 Å². The second-order valence-corrected chi connectivity index (χ2v) is 6.76. The number of ether oxygens (including phenoxy) is 1. The highest BCUT2D eigenvalue weighted by molar-refractivity contribution is 9.10. The molecule has 0 saturated carbocycles. The van der Waals surface area contributed by atoms with Crippen LogP contribution in [0.15, 0.2) is 47.1 Å². The van der Waals surface area contributed by atoms with Crippen molar-refractivity contribution < 1.29 is 22.7 Å². The Hall–Kier alpha value is -2.48. The van der Waals surface area contributed by atoms with Crippen LogP contribution in [0.1, 0.15) is 18.1 Å². The molecule has 0 aliphatic carbocycles. The monoisotopic (exact) mass is 440 g/mol. The van der Waals surface area contributed by atoms with Crippen molar-refractivity contribution in [3.63, 3.8) is 0 Å². The van der Waals surface area contributed by atoms with Gasteiger partial charge in [-0.25, -0.2) is 0 Å². The molecule has 0 bridgehead atoms. The molecule has 0 spiro atoms. The molecule has 0 aliphatic rings. The minimum absolute atomic E-state index is 0.168. The number of carbonyl (C=O) groups is 1. The predicted octanol–water partition coefficient (Wildman–Crippen LogP) is 5.53. The van der Waals surface area contributed by atoms with Gasteiger partial charge in [0, 0.05) is 34.9 Å². The van der Waals surface area contributed by atoms with E-state index in [2.05, 4.69) is 26.2 Å². The van der Waals surface area contributed by atoms with E-state index in [4.69, 9.17) is 4.74 Å². The Balaban J connectivity index is 1.70. The molecule has 1 heterocycles. The van der Waals surface area contributed by atoms with Crippen molar-refractivity contribution in [2.75, 3.05) is 11.9 Å². The molecule has 1 amide bonds. The lowest BCUT2D eigenvalue weighted by molar-refractivity contribution is -0.137. The Morgan fingerprint density at radius 1 is 1.19 bits per heavy atom. The summed E-state index contributed by atoms with van der Waals surface area (Å²) in [5.41, 5.74) is 1.80. The van der Waals surface area contributed by atoms with Gasteiger partial charge >= 0.3 is 6.18 Å². The molecular formula is C19H16BrF3N2O2. The number of anilines is 1. The third-order valence-corrected chi connectivity index (χ3v) is 4.90. The first-order chi connectivity index (χ1) is 12.8. The maximum Gasteiger partial charge on any atom is 0.416 e. The molecule has 2 aromatic carbocycles. The highest BCUT2D eigenvalue weighted by Gasteiger charge is 2.30. The second-order valence-electron chi connectivity index (χ2n) is 5.97. The molecule has 2 N–H and O–H groups in total. The SMILES string of the molecule is CC(=O)Nc1c[nH]c2ccc(CCOc3ccc(C(F)(F)F)cc3)c(Br)c12. The van der Waals surface area contributed by atoms with Gasteiger partial charge in [0.05, 0.1) is 17.9 Å². The van der Waals surface area contributed by atoms with E-state index in [0.717, 1.165) is 33.1 Å². The lowest BCUT2D eigenvalue weighted by Crippen LogP contribution is -2.06. The van der Waals surface area contributed by atoms with E-state index in [1.807, 2.05) is 12.1 Å². The quantitative estimate of drug-likeness (QED) is 0.547. The fourth-order valence-corrected chi connectivity index (χ4v) is 3.48. The fourth-order valence-electron chi connectivity index (χ4n) is 2.73. The van der Waals surface area contributed by atoms with Gasteiger partial charge in [-0.15, -0.1) is 0 Å². The normalized spacial score (nSPS) is 11.6. The zero-order valence-electron chi connectivity index (χ0n) is 14.3. The number of aromatic nitrogens is 1. The molecule has 0 saturated heterocycles. The number of halogens is 4. The van der Waals surface area contributed by atoms with Crippen LogP contribution in [0.5, 0.6) is 5.75 Å². The molecule has 0 atom stereocenters. The molecule has 1 aromatic heterocycles. The first-order valence-corrected chi connectivity index (χ1v) is 8.91. The Kier molecular flexibility index (Phi) is 5.46. The molecule has 8 heteroatoms. The average Bonchev–Trinajstić information content (AvgIpc) is 2.99. The number of hydrogen-bond acceptors (Lipinski definition) is 2. The summed E-state index contributed by atoms with van der Waals surface area (Å²) in [6, 6.07) is 8.44. The van der Waals surface area contributed by atoms with Crippen molar-refractivity contribution in [3.8, 4) is 5.75 Å². The van der Waals surface area contributed by atoms with Gasteiger partial charge in [-0.2, -0.15) is 13.2 Å². The molecule has 0 aliphatic heterocycles. The number of H-pyrrole nitrogens is 1. The van der Waals surface area contributed by atoms with Gasteiger partial charge in [-0.05, 0) is 51.8 Å². The summed E-state index contributed by atoms with van der Waals surface area (Å²) in [4.78, 5) is 14.4. The summed E-state index contributed by atoms with van der Waals surface area (Å²) < 4.78 is 44.1. The van der Waals surface area contributed by atoms with E-state index in [1.165, 1.54) is 19.1 Å². The van der Waals surface area contributed by atoms with Crippen LogP contribution >= 0.6 is 15.9 Å². The molecule has 0 radical (unpaired) electrons. The van der Waals surface area contributed by atoms with E-state index in [9.17, 15) is 18.0 Å². The third kappa shape index (κ3) is 4.44. The Morgan fingerprint density at radius 3 is 2.52 bits per heavy atom. The first-order valence-electron chi connectivity index (χ1n) is 8.12. The van der Waals surface area contributed by atoms with E-state index in [-0.39, 0.29) is 5.91 Å². The van der Waals surface area contributed by atoms with Gasteiger partial charge in [0.1, 0.15) is 5.75 Å². The summed E-state index contributed by atoms with van der Waals surface area (Å²) in [5, 5.41) is 3.63. The molecule has 4 nitrogen and oxygen atoms in total. The van der Waals surface area contributed by atoms with Crippen molar-refractivity contribution >= 4 is 38.4 Å². The number of carbonyl (C=O) groups excluding carboxylic acids is 1. The maximum absolute atomic E-state index is 12.6. The molecule has 142 valence electrons. The number of alkyl halides is 3. The maximum atomic E-state index is 12.6. The number of rotatable bonds is 5. The highest BCUT2D eigenvalue weighted by atomic mass is 79.9. The van der Waals surface area contributed by atoms with Crippen LogP contribution in [0, 0.1) is 0 Å². The van der Waals surface area contributed by atoms with Crippen molar-refractivity contribution in [2.24, 2.45) is 0 Å². The Bertz CT molecular complexity index is 965. The van der Waals surface area contributed by atoms with Gasteiger partial charge in [0.15, 0.2) is 0 Å². The number of benzene rings is 2. The number of amides is 1. The zero-order chi connectivity index (χ0) is 19.6.